The van der Waals surface area contributed by atoms with E-state index >= 15 is 0 Å². The molecule has 0 saturated carbocycles. The van der Waals surface area contributed by atoms with E-state index in [2.05, 4.69) is 0 Å². The first-order valence-corrected chi connectivity index (χ1v) is 5.91. The number of rotatable bonds is 1. The van der Waals surface area contributed by atoms with Gasteiger partial charge in [0.15, 0.2) is 0 Å². The Morgan fingerprint density at radius 1 is 1.47 bits per heavy atom. The fraction of sp³-hybridized carbons (Fsp3) is 0.417. The standard InChI is InChI=1S/C12H14ClNO3/c13-11-4-3-8(15)6-10(11)12(17)14-5-1-2-9(16)7-14/h3-4,6,9,15-16H,1-2,5,7H2. The van der Waals surface area contributed by atoms with Crippen LogP contribution in [0.15, 0.2) is 18.2 Å². The zero-order valence-corrected chi connectivity index (χ0v) is 10.0. The molecule has 4 nitrogen and oxygen atoms in total. The lowest BCUT2D eigenvalue weighted by molar-refractivity contribution is 0.0473. The van der Waals surface area contributed by atoms with Crippen molar-refractivity contribution in [3.05, 3.63) is 28.8 Å². The molecule has 0 spiro atoms. The first-order chi connectivity index (χ1) is 8.08. The molecular weight excluding hydrogens is 242 g/mol. The maximum atomic E-state index is 12.1. The van der Waals surface area contributed by atoms with Crippen molar-refractivity contribution in [2.45, 2.75) is 18.9 Å². The number of piperidine rings is 1. The average molecular weight is 256 g/mol. The number of likely N-dealkylation sites (tertiary alicyclic amines) is 1. The number of phenolic OH excluding ortho intramolecular Hbond substituents is 1. The van der Waals surface area contributed by atoms with Gasteiger partial charge in [0.05, 0.1) is 16.7 Å². The van der Waals surface area contributed by atoms with E-state index in [4.69, 9.17) is 11.6 Å². The number of hydrogen-bond donors (Lipinski definition) is 2. The van der Waals surface area contributed by atoms with E-state index in [1.165, 1.54) is 18.2 Å². The molecule has 0 bridgehead atoms. The Hall–Kier alpha value is -1.26. The van der Waals surface area contributed by atoms with E-state index in [1.807, 2.05) is 0 Å². The molecular formula is C12H14ClNO3. The Morgan fingerprint density at radius 2 is 2.24 bits per heavy atom. The van der Waals surface area contributed by atoms with Crippen LogP contribution in [0.25, 0.3) is 0 Å². The van der Waals surface area contributed by atoms with E-state index in [0.717, 1.165) is 12.8 Å². The molecule has 5 heteroatoms. The summed E-state index contributed by atoms with van der Waals surface area (Å²) in [6.45, 7) is 0.937. The fourth-order valence-corrected chi connectivity index (χ4v) is 2.19. The number of aromatic hydroxyl groups is 1. The molecule has 1 amide bonds. The van der Waals surface area contributed by atoms with Crippen LogP contribution in [0, 0.1) is 0 Å². The summed E-state index contributed by atoms with van der Waals surface area (Å²) in [4.78, 5) is 13.7. The third-order valence-corrected chi connectivity index (χ3v) is 3.19. The number of aliphatic hydroxyl groups is 1. The number of carbonyl (C=O) groups is 1. The number of halogens is 1. The summed E-state index contributed by atoms with van der Waals surface area (Å²) in [5, 5.41) is 19.2. The van der Waals surface area contributed by atoms with E-state index in [-0.39, 0.29) is 17.2 Å². The Bertz CT molecular complexity index is 436. The zero-order valence-electron chi connectivity index (χ0n) is 9.27. The van der Waals surface area contributed by atoms with Crippen molar-refractivity contribution in [1.29, 1.82) is 0 Å². The molecule has 0 radical (unpaired) electrons. The largest absolute Gasteiger partial charge is 0.508 e. The van der Waals surface area contributed by atoms with Crippen molar-refractivity contribution in [3.8, 4) is 5.75 Å². The molecule has 1 aliphatic rings. The highest BCUT2D eigenvalue weighted by Crippen LogP contribution is 2.24. The SMILES string of the molecule is O=C(c1cc(O)ccc1Cl)N1CCCC(O)C1. The van der Waals surface area contributed by atoms with Gasteiger partial charge in [-0.1, -0.05) is 11.6 Å². The summed E-state index contributed by atoms with van der Waals surface area (Å²) >= 11 is 5.93. The van der Waals surface area contributed by atoms with Gasteiger partial charge < -0.3 is 15.1 Å². The molecule has 2 N–H and O–H groups in total. The molecule has 0 aromatic heterocycles. The maximum absolute atomic E-state index is 12.1. The van der Waals surface area contributed by atoms with Crippen LogP contribution >= 0.6 is 11.6 Å². The molecule has 92 valence electrons. The van der Waals surface area contributed by atoms with Crippen molar-refractivity contribution in [3.63, 3.8) is 0 Å². The summed E-state index contributed by atoms with van der Waals surface area (Å²) in [6.07, 6.45) is 1.03. The van der Waals surface area contributed by atoms with Crippen LogP contribution in [0.2, 0.25) is 5.02 Å². The monoisotopic (exact) mass is 255 g/mol. The third kappa shape index (κ3) is 2.70. The highest BCUT2D eigenvalue weighted by Gasteiger charge is 2.24. The molecule has 1 aromatic rings. The second-order valence-corrected chi connectivity index (χ2v) is 4.62. The summed E-state index contributed by atoms with van der Waals surface area (Å²) in [6, 6.07) is 4.28. The quantitative estimate of drug-likeness (QED) is 0.802. The number of phenols is 1. The fourth-order valence-electron chi connectivity index (χ4n) is 1.99. The molecule has 1 atom stereocenters. The highest BCUT2D eigenvalue weighted by molar-refractivity contribution is 6.33. The van der Waals surface area contributed by atoms with Gasteiger partial charge >= 0.3 is 0 Å². The molecule has 17 heavy (non-hydrogen) atoms. The Kier molecular flexibility index (Phi) is 3.54. The lowest BCUT2D eigenvalue weighted by Gasteiger charge is -2.30. The van der Waals surface area contributed by atoms with Crippen LogP contribution in [0.1, 0.15) is 23.2 Å². The van der Waals surface area contributed by atoms with Gasteiger partial charge in [0.25, 0.3) is 5.91 Å². The average Bonchev–Trinajstić information content (AvgIpc) is 2.31. The lowest BCUT2D eigenvalue weighted by Crippen LogP contribution is -2.42. The minimum Gasteiger partial charge on any atom is -0.508 e. The van der Waals surface area contributed by atoms with Crippen LogP contribution in [-0.2, 0) is 0 Å². The molecule has 1 aliphatic heterocycles. The summed E-state index contributed by atoms with van der Waals surface area (Å²) in [5.74, 6) is -0.236. The molecule has 0 aliphatic carbocycles. The van der Waals surface area contributed by atoms with E-state index in [9.17, 15) is 15.0 Å². The highest BCUT2D eigenvalue weighted by atomic mass is 35.5. The molecule has 1 saturated heterocycles. The van der Waals surface area contributed by atoms with Crippen LogP contribution in [0.3, 0.4) is 0 Å². The summed E-state index contributed by atoms with van der Waals surface area (Å²) in [5.41, 5.74) is 0.278. The van der Waals surface area contributed by atoms with Crippen molar-refractivity contribution < 1.29 is 15.0 Å². The zero-order chi connectivity index (χ0) is 12.4. The summed E-state index contributed by atoms with van der Waals surface area (Å²) in [7, 11) is 0. The number of amides is 1. The minimum absolute atomic E-state index is 0.00954. The van der Waals surface area contributed by atoms with Gasteiger partial charge in [0.1, 0.15) is 5.75 Å². The Balaban J connectivity index is 2.21. The molecule has 1 aromatic carbocycles. The molecule has 1 heterocycles. The summed E-state index contributed by atoms with van der Waals surface area (Å²) < 4.78 is 0. The normalized spacial score (nSPS) is 20.4. The van der Waals surface area contributed by atoms with Gasteiger partial charge in [0, 0.05) is 13.1 Å². The number of carbonyl (C=O) groups excluding carboxylic acids is 1. The first-order valence-electron chi connectivity index (χ1n) is 5.54. The number of β-amino-alcohol motifs (C(OH)–C–C–N with tert-alkyl or cyclic N) is 1. The number of aliphatic hydroxyl groups excluding tert-OH is 1. The van der Waals surface area contributed by atoms with Crippen LogP contribution < -0.4 is 0 Å². The van der Waals surface area contributed by atoms with E-state index < -0.39 is 6.10 Å². The van der Waals surface area contributed by atoms with Gasteiger partial charge in [-0.05, 0) is 31.0 Å². The smallest absolute Gasteiger partial charge is 0.255 e. The number of hydrogen-bond acceptors (Lipinski definition) is 3. The molecule has 1 fully saturated rings. The van der Waals surface area contributed by atoms with Crippen molar-refractivity contribution in [1.82, 2.24) is 4.90 Å². The lowest BCUT2D eigenvalue weighted by atomic mass is 10.1. The van der Waals surface area contributed by atoms with E-state index in [1.54, 1.807) is 4.90 Å². The van der Waals surface area contributed by atoms with Gasteiger partial charge in [-0.25, -0.2) is 0 Å². The van der Waals surface area contributed by atoms with Gasteiger partial charge in [-0.2, -0.15) is 0 Å². The van der Waals surface area contributed by atoms with Gasteiger partial charge in [0.2, 0.25) is 0 Å². The maximum Gasteiger partial charge on any atom is 0.255 e. The van der Waals surface area contributed by atoms with Crippen molar-refractivity contribution in [2.24, 2.45) is 0 Å². The predicted molar refractivity (Wildman–Crippen MR) is 64.3 cm³/mol. The predicted octanol–water partition coefficient (Wildman–Crippen LogP) is 1.64. The molecule has 2 rings (SSSR count). The van der Waals surface area contributed by atoms with Crippen LogP contribution in [0.5, 0.6) is 5.75 Å². The van der Waals surface area contributed by atoms with Crippen molar-refractivity contribution >= 4 is 17.5 Å². The van der Waals surface area contributed by atoms with Crippen molar-refractivity contribution in [2.75, 3.05) is 13.1 Å². The Labute approximate surface area is 104 Å². The van der Waals surface area contributed by atoms with Crippen LogP contribution in [0.4, 0.5) is 0 Å². The number of nitrogens with zero attached hydrogens (tertiary/aromatic N) is 1. The Morgan fingerprint density at radius 3 is 2.94 bits per heavy atom. The number of benzene rings is 1. The minimum atomic E-state index is -0.469. The molecule has 1 unspecified atom stereocenters. The van der Waals surface area contributed by atoms with Gasteiger partial charge in [-0.15, -0.1) is 0 Å². The first kappa shape index (κ1) is 12.2. The van der Waals surface area contributed by atoms with Crippen LogP contribution in [-0.4, -0.2) is 40.2 Å². The second kappa shape index (κ2) is 4.94. The second-order valence-electron chi connectivity index (χ2n) is 4.21. The van der Waals surface area contributed by atoms with E-state index in [0.29, 0.717) is 18.1 Å². The topological polar surface area (TPSA) is 60.8 Å². The van der Waals surface area contributed by atoms with Gasteiger partial charge in [-0.3, -0.25) is 4.79 Å². The third-order valence-electron chi connectivity index (χ3n) is 2.86.